The summed E-state index contributed by atoms with van der Waals surface area (Å²) in [7, 11) is 0. The quantitative estimate of drug-likeness (QED) is 0.296. The summed E-state index contributed by atoms with van der Waals surface area (Å²) < 4.78 is 0. The fourth-order valence-electron chi connectivity index (χ4n) is 0. The number of rotatable bonds is 0. The van der Waals surface area contributed by atoms with E-state index < -0.39 is 0 Å². The van der Waals surface area contributed by atoms with Gasteiger partial charge in [-0.1, -0.05) is 0 Å². The number of hydrogen-bond acceptors (Lipinski definition) is 0. The van der Waals surface area contributed by atoms with Crippen LogP contribution in [0, 0.1) is 0 Å². The Balaban J connectivity index is 0. The second-order valence-corrected chi connectivity index (χ2v) is 0. The molecule has 0 aromatic rings. The summed E-state index contributed by atoms with van der Waals surface area (Å²) >= 11 is 0. The van der Waals surface area contributed by atoms with Crippen molar-refractivity contribution in [3.63, 3.8) is 0 Å². The molecule has 0 atom stereocenters. The molecule has 12 heteroatoms. The van der Waals surface area contributed by atoms with Crippen molar-refractivity contribution in [2.45, 2.75) is 0 Å². The van der Waals surface area contributed by atoms with E-state index in [-0.39, 0.29) is 291 Å². The summed E-state index contributed by atoms with van der Waals surface area (Å²) in [6, 6.07) is 0. The van der Waals surface area contributed by atoms with E-state index in [0.29, 0.717) is 0 Å². The van der Waals surface area contributed by atoms with Crippen molar-refractivity contribution in [3.05, 3.63) is 0 Å². The molecule has 0 aromatic heterocycles. The summed E-state index contributed by atoms with van der Waals surface area (Å²) in [5.74, 6) is 0. The zero-order valence-corrected chi connectivity index (χ0v) is 29.2. The van der Waals surface area contributed by atoms with Gasteiger partial charge in [-0.05, 0) is 0 Å². The van der Waals surface area contributed by atoms with Gasteiger partial charge in [0.25, 0.3) is 0 Å². The first kappa shape index (κ1) is 101. The Morgan fingerprint density at radius 1 is 1.08 bits per heavy atom. The Morgan fingerprint density at radius 3 is 1.08 bits per heavy atom. The van der Waals surface area contributed by atoms with E-state index in [1.807, 2.05) is 0 Å². The van der Waals surface area contributed by atoms with Gasteiger partial charge in [0.1, 0.15) is 0 Å². The third-order valence-electron chi connectivity index (χ3n) is 0. The van der Waals surface area contributed by atoms with Crippen LogP contribution in [0.25, 0.3) is 0 Å². The van der Waals surface area contributed by atoms with E-state index in [1.54, 1.807) is 0 Å². The Labute approximate surface area is 282 Å². The Kier molecular flexibility index (Phi) is 731. The van der Waals surface area contributed by atoms with Crippen molar-refractivity contribution in [1.29, 1.82) is 0 Å². The van der Waals surface area contributed by atoms with Crippen molar-refractivity contribution < 1.29 is 245 Å². The van der Waals surface area contributed by atoms with E-state index in [9.17, 15) is 0 Å². The maximum atomic E-state index is 0. The van der Waals surface area contributed by atoms with Crippen LogP contribution in [-0.2, 0) is 243 Å². The third kappa shape index (κ3) is 74.4. The maximum Gasteiger partial charge on any atom is 2.00 e. The van der Waals surface area contributed by atoms with Crippen molar-refractivity contribution in [2.75, 3.05) is 0 Å². The van der Waals surface area contributed by atoms with Gasteiger partial charge in [0, 0.05) is 243 Å². The Hall–Kier alpha value is 9.39. The average molecular weight is 967 g/mol. The molecular weight excluding hydrogens is 965 g/mol. The fourth-order valence-corrected chi connectivity index (χ4v) is 0. The molecule has 0 aromatic carbocycles. The molecule has 0 fully saturated rings. The van der Waals surface area contributed by atoms with E-state index in [2.05, 4.69) is 0 Å². The van der Waals surface area contributed by atoms with Crippen molar-refractivity contribution in [1.82, 2.24) is 0 Å². The van der Waals surface area contributed by atoms with Crippen LogP contribution in [0.2, 0.25) is 0 Å². The monoisotopic (exact) mass is 967 g/mol. The second kappa shape index (κ2) is 86.9. The van der Waals surface area contributed by atoms with Gasteiger partial charge in [-0.3, -0.25) is 0 Å². The molecule has 70 valence electrons. The van der Waals surface area contributed by atoms with Gasteiger partial charge in [-0.2, -0.15) is 0 Å². The summed E-state index contributed by atoms with van der Waals surface area (Å²) in [5, 5.41) is 0. The van der Waals surface area contributed by atoms with Gasteiger partial charge >= 0.3 is 45.5 Å². The number of hydrogen-bond donors (Lipinski definition) is 0. The summed E-state index contributed by atoms with van der Waals surface area (Å²) in [6.45, 7) is 0. The molecule has 0 amide bonds. The zero-order chi connectivity index (χ0) is 0. The average Bonchev–Trinajstić information content (AvgIpc) is 0. The van der Waals surface area contributed by atoms with Crippen LogP contribution in [0.1, 0.15) is 2.85 Å². The normalized spacial score (nSPS) is 0. The van der Waals surface area contributed by atoms with Crippen LogP contribution < -0.4 is 0 Å². The molecule has 12 heavy (non-hydrogen) atoms. The van der Waals surface area contributed by atoms with Crippen LogP contribution in [0.3, 0.4) is 0 Å². The van der Waals surface area contributed by atoms with E-state index >= 15 is 0 Å². The molecule has 0 saturated heterocycles. The van der Waals surface area contributed by atoms with E-state index in [1.165, 1.54) is 0 Å². The van der Waals surface area contributed by atoms with Crippen molar-refractivity contribution in [2.24, 2.45) is 0 Å². The standard InChI is InChI=1S/Mn.Mo.Nb.Ni.Rh.Ru.Sc.Sr.Tc.Ti.Y.Zr.2H/q;;;;;;;+2;;;;;2*-1. The summed E-state index contributed by atoms with van der Waals surface area (Å²) in [4.78, 5) is 0. The predicted octanol–water partition coefficient (Wildman–Crippen LogP) is -0.183. The smallest absolute Gasteiger partial charge is 1.00 e. The summed E-state index contributed by atoms with van der Waals surface area (Å²) in [6.07, 6.45) is 0. The minimum atomic E-state index is 0. The molecule has 0 saturated carbocycles. The van der Waals surface area contributed by atoms with E-state index in [4.69, 9.17) is 0 Å². The molecule has 0 nitrogen and oxygen atoms in total. The van der Waals surface area contributed by atoms with Crippen LogP contribution in [-0.4, -0.2) is 45.5 Å². The molecule has 6 radical (unpaired) electrons. The largest absolute Gasteiger partial charge is 2.00 e. The minimum absolute atomic E-state index is 0. The van der Waals surface area contributed by atoms with Crippen molar-refractivity contribution in [3.8, 4) is 0 Å². The molecule has 0 N–H and O–H groups in total. The molecular formula is H2MnMoNbNiRhRuScSrTcTiYZr. The van der Waals surface area contributed by atoms with Gasteiger partial charge in [0.2, 0.25) is 0 Å². The maximum absolute atomic E-state index is 0. The predicted molar refractivity (Wildman–Crippen MR) is 7.98 cm³/mol. The van der Waals surface area contributed by atoms with Gasteiger partial charge < -0.3 is 2.85 Å². The molecule has 0 unspecified atom stereocenters. The van der Waals surface area contributed by atoms with E-state index in [0.717, 1.165) is 0 Å². The van der Waals surface area contributed by atoms with Crippen molar-refractivity contribution >= 4 is 45.5 Å². The Morgan fingerprint density at radius 2 is 1.08 bits per heavy atom. The summed E-state index contributed by atoms with van der Waals surface area (Å²) in [5.41, 5.74) is 0. The van der Waals surface area contributed by atoms with Gasteiger partial charge in [0.05, 0.1) is 0 Å². The van der Waals surface area contributed by atoms with Crippen LogP contribution in [0.4, 0.5) is 0 Å². The molecule has 0 aliphatic heterocycles. The van der Waals surface area contributed by atoms with Gasteiger partial charge in [-0.25, -0.2) is 0 Å². The first-order chi connectivity index (χ1) is 0. The fraction of sp³-hybridized carbons (Fsp3) is 0. The topological polar surface area (TPSA) is 0 Å². The molecule has 0 rings (SSSR count). The van der Waals surface area contributed by atoms with Crippen LogP contribution in [0.5, 0.6) is 0 Å². The first-order valence-electron chi connectivity index (χ1n) is 0. The Bertz CT molecular complexity index is 51.3. The molecule has 0 spiro atoms. The molecule has 0 bridgehead atoms. The second-order valence-electron chi connectivity index (χ2n) is 0. The third-order valence-corrected chi connectivity index (χ3v) is 0. The minimum Gasteiger partial charge on any atom is -1.00 e. The van der Waals surface area contributed by atoms with Crippen LogP contribution in [0.15, 0.2) is 0 Å². The first-order valence-corrected chi connectivity index (χ1v) is 0. The van der Waals surface area contributed by atoms with Crippen LogP contribution >= 0.6 is 0 Å². The SMILES string of the molecule is [H-].[H-].[Mn].[Mo].[Nb].[Ni].[Rh].[Ru].[Sc].[Sr+2].[Tc].[Ti].[Y].[Zr]. The van der Waals surface area contributed by atoms with Gasteiger partial charge in [-0.15, -0.1) is 0 Å². The zero-order valence-electron chi connectivity index (χ0n) is 7.48. The molecule has 0 aliphatic carbocycles. The van der Waals surface area contributed by atoms with Gasteiger partial charge in [0.15, 0.2) is 0 Å². The molecule has 0 heterocycles. The molecule has 0 aliphatic rings.